The Hall–Kier alpha value is -2.43. The van der Waals surface area contributed by atoms with Gasteiger partial charge in [0, 0.05) is 12.1 Å². The average Bonchev–Trinajstić information content (AvgIpc) is 2.42. The lowest BCUT2D eigenvalue weighted by atomic mass is 10.1. The summed E-state index contributed by atoms with van der Waals surface area (Å²) in [5, 5.41) is 12.1. The lowest BCUT2D eigenvalue weighted by Crippen LogP contribution is -2.24. The molecule has 5 heteroatoms. The molecule has 0 unspecified atom stereocenters. The molecule has 20 heavy (non-hydrogen) atoms. The van der Waals surface area contributed by atoms with Crippen LogP contribution in [-0.4, -0.2) is 11.0 Å². The number of para-hydroxylation sites is 1. The minimum atomic E-state index is -0.976. The molecule has 0 saturated heterocycles. The zero-order chi connectivity index (χ0) is 14.5. The summed E-state index contributed by atoms with van der Waals surface area (Å²) in [4.78, 5) is 11.7. The fraction of sp³-hybridized carbons (Fsp3) is 0.133. The van der Waals surface area contributed by atoms with E-state index in [0.717, 1.165) is 12.1 Å². The van der Waals surface area contributed by atoms with Crippen molar-refractivity contribution in [1.29, 1.82) is 0 Å². The van der Waals surface area contributed by atoms with Gasteiger partial charge in [-0.3, -0.25) is 4.79 Å². The molecule has 3 nitrogen and oxygen atoms in total. The first-order chi connectivity index (χ1) is 9.56. The van der Waals surface area contributed by atoms with Crippen molar-refractivity contribution in [2.75, 3.05) is 0 Å². The van der Waals surface area contributed by atoms with Gasteiger partial charge in [0.2, 0.25) is 5.91 Å². The Morgan fingerprint density at radius 2 is 1.85 bits per heavy atom. The maximum absolute atomic E-state index is 13.0. The van der Waals surface area contributed by atoms with E-state index in [0.29, 0.717) is 11.1 Å². The van der Waals surface area contributed by atoms with Crippen molar-refractivity contribution in [2.45, 2.75) is 13.0 Å². The molecule has 0 aliphatic heterocycles. The minimum absolute atomic E-state index is 0.0508. The molecule has 2 N–H and O–H groups in total. The maximum atomic E-state index is 13.0. The summed E-state index contributed by atoms with van der Waals surface area (Å²) in [6, 6.07) is 9.98. The summed E-state index contributed by atoms with van der Waals surface area (Å²) in [5.41, 5.74) is 0.977. The minimum Gasteiger partial charge on any atom is -0.508 e. The molecule has 0 bridgehead atoms. The molecule has 0 spiro atoms. The molecule has 2 aromatic rings. The third-order valence-corrected chi connectivity index (χ3v) is 2.82. The van der Waals surface area contributed by atoms with Gasteiger partial charge < -0.3 is 10.4 Å². The van der Waals surface area contributed by atoms with Crippen LogP contribution in [0.4, 0.5) is 8.78 Å². The number of hydrogen-bond donors (Lipinski definition) is 2. The predicted molar refractivity (Wildman–Crippen MR) is 70.0 cm³/mol. The molecule has 2 rings (SSSR count). The van der Waals surface area contributed by atoms with Gasteiger partial charge in [0.25, 0.3) is 0 Å². The van der Waals surface area contributed by atoms with Crippen LogP contribution < -0.4 is 5.32 Å². The van der Waals surface area contributed by atoms with Crippen molar-refractivity contribution < 1.29 is 18.7 Å². The smallest absolute Gasteiger partial charge is 0.224 e. The Balaban J connectivity index is 1.93. The second kappa shape index (κ2) is 6.14. The molecule has 2 aromatic carbocycles. The zero-order valence-electron chi connectivity index (χ0n) is 10.6. The van der Waals surface area contributed by atoms with E-state index in [1.807, 2.05) is 0 Å². The van der Waals surface area contributed by atoms with E-state index in [1.54, 1.807) is 18.2 Å². The number of aromatic hydroxyl groups is 1. The van der Waals surface area contributed by atoms with E-state index < -0.39 is 11.6 Å². The van der Waals surface area contributed by atoms with Crippen LogP contribution in [0.1, 0.15) is 11.1 Å². The third-order valence-electron chi connectivity index (χ3n) is 2.82. The van der Waals surface area contributed by atoms with Crippen molar-refractivity contribution in [1.82, 2.24) is 5.32 Å². The number of halogens is 2. The van der Waals surface area contributed by atoms with Crippen LogP contribution in [-0.2, 0) is 17.8 Å². The van der Waals surface area contributed by atoms with E-state index in [2.05, 4.69) is 5.32 Å². The molecule has 0 aromatic heterocycles. The monoisotopic (exact) mass is 277 g/mol. The van der Waals surface area contributed by atoms with E-state index in [9.17, 15) is 18.7 Å². The highest BCUT2D eigenvalue weighted by molar-refractivity contribution is 5.78. The first kappa shape index (κ1) is 14.0. The Bertz CT molecular complexity index is 629. The quantitative estimate of drug-likeness (QED) is 0.902. The number of carbonyl (C=O) groups is 1. The molecular formula is C15H13F2NO2. The Kier molecular flexibility index (Phi) is 4.30. The van der Waals surface area contributed by atoms with Gasteiger partial charge in [-0.05, 0) is 23.8 Å². The Morgan fingerprint density at radius 1 is 1.10 bits per heavy atom. The molecule has 0 atom stereocenters. The second-order valence-corrected chi connectivity index (χ2v) is 4.33. The number of carbonyl (C=O) groups excluding carboxylic acids is 1. The fourth-order valence-electron chi connectivity index (χ4n) is 1.75. The number of rotatable bonds is 4. The summed E-state index contributed by atoms with van der Waals surface area (Å²) < 4.78 is 25.7. The van der Waals surface area contributed by atoms with Gasteiger partial charge in [0.15, 0.2) is 11.6 Å². The maximum Gasteiger partial charge on any atom is 0.224 e. The molecule has 0 aliphatic carbocycles. The summed E-state index contributed by atoms with van der Waals surface area (Å²) in [7, 11) is 0. The number of hydrogen-bond acceptors (Lipinski definition) is 2. The molecule has 0 fully saturated rings. The van der Waals surface area contributed by atoms with Gasteiger partial charge in [-0.15, -0.1) is 0 Å². The van der Waals surface area contributed by atoms with Gasteiger partial charge in [-0.1, -0.05) is 24.3 Å². The SMILES string of the molecule is O=C(Cc1ccc(F)c(F)c1)NCc1ccccc1O. The standard InChI is InChI=1S/C15H13F2NO2/c16-12-6-5-10(7-13(12)17)8-15(20)18-9-11-3-1-2-4-14(11)19/h1-7,19H,8-9H2,(H,18,20). The van der Waals surface area contributed by atoms with Crippen molar-refractivity contribution in [3.63, 3.8) is 0 Å². The van der Waals surface area contributed by atoms with Gasteiger partial charge >= 0.3 is 0 Å². The highest BCUT2D eigenvalue weighted by atomic mass is 19.2. The highest BCUT2D eigenvalue weighted by Crippen LogP contribution is 2.15. The molecule has 1 amide bonds. The van der Waals surface area contributed by atoms with Gasteiger partial charge in [-0.2, -0.15) is 0 Å². The van der Waals surface area contributed by atoms with Crippen molar-refractivity contribution in [3.05, 3.63) is 65.2 Å². The number of phenolic OH excluding ortho intramolecular Hbond substituents is 1. The largest absolute Gasteiger partial charge is 0.508 e. The van der Waals surface area contributed by atoms with Crippen molar-refractivity contribution in [2.24, 2.45) is 0 Å². The van der Waals surface area contributed by atoms with E-state index >= 15 is 0 Å². The Morgan fingerprint density at radius 3 is 2.55 bits per heavy atom. The highest BCUT2D eigenvalue weighted by Gasteiger charge is 2.08. The van der Waals surface area contributed by atoms with Crippen LogP contribution in [0, 0.1) is 11.6 Å². The number of amides is 1. The van der Waals surface area contributed by atoms with Gasteiger partial charge in [0.1, 0.15) is 5.75 Å². The normalized spacial score (nSPS) is 10.3. The molecular weight excluding hydrogens is 264 g/mol. The molecule has 104 valence electrons. The van der Waals surface area contributed by atoms with E-state index in [4.69, 9.17) is 0 Å². The molecule has 0 aliphatic rings. The van der Waals surface area contributed by atoms with E-state index in [-0.39, 0.29) is 24.6 Å². The summed E-state index contributed by atoms with van der Waals surface area (Å²) in [5.74, 6) is -2.15. The van der Waals surface area contributed by atoms with Crippen molar-refractivity contribution in [3.8, 4) is 5.75 Å². The van der Waals surface area contributed by atoms with Crippen molar-refractivity contribution >= 4 is 5.91 Å². The first-order valence-corrected chi connectivity index (χ1v) is 6.04. The van der Waals surface area contributed by atoms with E-state index in [1.165, 1.54) is 12.1 Å². The van der Waals surface area contributed by atoms with Gasteiger partial charge in [0.05, 0.1) is 6.42 Å². The first-order valence-electron chi connectivity index (χ1n) is 6.04. The lowest BCUT2D eigenvalue weighted by molar-refractivity contribution is -0.120. The number of phenols is 1. The predicted octanol–water partition coefficient (Wildman–Crippen LogP) is 2.53. The van der Waals surface area contributed by atoms with Crippen LogP contribution in [0.15, 0.2) is 42.5 Å². The average molecular weight is 277 g/mol. The van der Waals surface area contributed by atoms with Crippen LogP contribution in [0.3, 0.4) is 0 Å². The summed E-state index contributed by atoms with van der Waals surface area (Å²) in [6.45, 7) is 0.176. The second-order valence-electron chi connectivity index (χ2n) is 4.33. The topological polar surface area (TPSA) is 49.3 Å². The van der Waals surface area contributed by atoms with Crippen LogP contribution >= 0.6 is 0 Å². The molecule has 0 radical (unpaired) electrons. The third kappa shape index (κ3) is 3.54. The van der Waals surface area contributed by atoms with Crippen LogP contribution in [0.25, 0.3) is 0 Å². The Labute approximate surface area is 114 Å². The number of nitrogens with one attached hydrogen (secondary N) is 1. The van der Waals surface area contributed by atoms with Crippen LogP contribution in [0.5, 0.6) is 5.75 Å². The molecule has 0 heterocycles. The molecule has 0 saturated carbocycles. The fourth-order valence-corrected chi connectivity index (χ4v) is 1.75. The summed E-state index contributed by atoms with van der Waals surface area (Å²) in [6.07, 6.45) is -0.0508. The zero-order valence-corrected chi connectivity index (χ0v) is 10.6. The number of benzene rings is 2. The lowest BCUT2D eigenvalue weighted by Gasteiger charge is -2.07. The van der Waals surface area contributed by atoms with Crippen LogP contribution in [0.2, 0.25) is 0 Å². The van der Waals surface area contributed by atoms with Gasteiger partial charge in [-0.25, -0.2) is 8.78 Å². The summed E-state index contributed by atoms with van der Waals surface area (Å²) >= 11 is 0.